The summed E-state index contributed by atoms with van der Waals surface area (Å²) in [6, 6.07) is 18.9. The van der Waals surface area contributed by atoms with Crippen molar-refractivity contribution in [1.82, 2.24) is 24.7 Å². The molecule has 2 aromatic carbocycles. The largest absolute Gasteiger partial charge is 0.496 e. The number of carbonyl (C=O) groups is 1. The van der Waals surface area contributed by atoms with Gasteiger partial charge in [-0.3, -0.25) is 0 Å². The highest BCUT2D eigenvalue weighted by Gasteiger charge is 2.19. The van der Waals surface area contributed by atoms with Crippen molar-refractivity contribution in [2.45, 2.75) is 6.61 Å². The summed E-state index contributed by atoms with van der Waals surface area (Å²) < 4.78 is 17.5. The van der Waals surface area contributed by atoms with Crippen LogP contribution in [-0.2, 0) is 11.3 Å². The lowest BCUT2D eigenvalue weighted by atomic mass is 10.1. The van der Waals surface area contributed by atoms with E-state index in [1.54, 1.807) is 23.9 Å². The number of methoxy groups -OCH3 is 1. The monoisotopic (exact) mass is 427 g/mol. The summed E-state index contributed by atoms with van der Waals surface area (Å²) in [5.41, 5.74) is 3.09. The molecule has 5 rings (SSSR count). The molecule has 9 heteroatoms. The molecule has 0 radical (unpaired) electrons. The van der Waals surface area contributed by atoms with Gasteiger partial charge in [-0.15, -0.1) is 0 Å². The molecule has 9 nitrogen and oxygen atoms in total. The number of hydrogen-bond acceptors (Lipinski definition) is 8. The minimum Gasteiger partial charge on any atom is -0.496 e. The van der Waals surface area contributed by atoms with Gasteiger partial charge in [0.1, 0.15) is 11.3 Å². The Morgan fingerprint density at radius 3 is 2.72 bits per heavy atom. The van der Waals surface area contributed by atoms with E-state index in [-0.39, 0.29) is 18.1 Å². The molecule has 0 aliphatic rings. The number of hydrogen-bond donors (Lipinski definition) is 0. The number of ether oxygens (including phenoxy) is 2. The summed E-state index contributed by atoms with van der Waals surface area (Å²) in [5, 5.41) is 8.27. The first kappa shape index (κ1) is 19.4. The molecular formula is C23H17N5O4. The van der Waals surface area contributed by atoms with Crippen LogP contribution in [-0.4, -0.2) is 37.8 Å². The van der Waals surface area contributed by atoms with Crippen LogP contribution in [0.4, 0.5) is 0 Å². The van der Waals surface area contributed by atoms with Crippen LogP contribution >= 0.6 is 0 Å². The van der Waals surface area contributed by atoms with Crippen LogP contribution in [0.2, 0.25) is 0 Å². The molecule has 158 valence electrons. The van der Waals surface area contributed by atoms with Gasteiger partial charge in [-0.05, 0) is 18.2 Å². The lowest BCUT2D eigenvalue weighted by Crippen LogP contribution is -2.06. The second-order valence-corrected chi connectivity index (χ2v) is 6.78. The Morgan fingerprint density at radius 1 is 1.06 bits per heavy atom. The van der Waals surface area contributed by atoms with Gasteiger partial charge in [-0.25, -0.2) is 14.3 Å². The maximum Gasteiger partial charge on any atom is 0.344 e. The van der Waals surface area contributed by atoms with E-state index in [2.05, 4.69) is 20.2 Å². The molecular weight excluding hydrogens is 410 g/mol. The van der Waals surface area contributed by atoms with E-state index in [1.165, 1.54) is 6.20 Å². The molecule has 0 unspecified atom stereocenters. The average molecular weight is 427 g/mol. The number of fused-ring (bicyclic) bond motifs is 1. The molecule has 0 fully saturated rings. The molecule has 0 spiro atoms. The van der Waals surface area contributed by atoms with Crippen molar-refractivity contribution in [1.29, 1.82) is 0 Å². The number of benzene rings is 2. The third kappa shape index (κ3) is 3.56. The summed E-state index contributed by atoms with van der Waals surface area (Å²) in [6.07, 6.45) is 3.07. The topological polar surface area (TPSA) is 105 Å². The van der Waals surface area contributed by atoms with Crippen LogP contribution in [0, 0.1) is 0 Å². The summed E-state index contributed by atoms with van der Waals surface area (Å²) in [4.78, 5) is 21.3. The molecule has 3 heterocycles. The van der Waals surface area contributed by atoms with Crippen molar-refractivity contribution in [3.8, 4) is 28.4 Å². The minimum atomic E-state index is -0.588. The zero-order valence-electron chi connectivity index (χ0n) is 17.0. The predicted octanol–water partition coefficient (Wildman–Crippen LogP) is 3.81. The Kier molecular flexibility index (Phi) is 5.04. The van der Waals surface area contributed by atoms with Gasteiger partial charge in [0.15, 0.2) is 12.3 Å². The molecule has 0 amide bonds. The molecule has 32 heavy (non-hydrogen) atoms. The number of rotatable bonds is 6. The molecule has 5 aromatic rings. The first-order valence-electron chi connectivity index (χ1n) is 9.76. The van der Waals surface area contributed by atoms with Crippen LogP contribution in [0.5, 0.6) is 5.75 Å². The molecule has 0 aliphatic carbocycles. The molecule has 0 bridgehead atoms. The van der Waals surface area contributed by atoms with Crippen molar-refractivity contribution in [2.75, 3.05) is 7.11 Å². The van der Waals surface area contributed by atoms with Gasteiger partial charge in [0, 0.05) is 11.8 Å². The first-order valence-corrected chi connectivity index (χ1v) is 9.76. The van der Waals surface area contributed by atoms with Gasteiger partial charge in [0.2, 0.25) is 5.82 Å². The molecule has 3 aromatic heterocycles. The lowest BCUT2D eigenvalue weighted by molar-refractivity contribution is 0.0432. The Hall–Kier alpha value is -4.53. The number of para-hydroxylation sites is 1. The second-order valence-electron chi connectivity index (χ2n) is 6.78. The highest BCUT2D eigenvalue weighted by molar-refractivity contribution is 5.95. The van der Waals surface area contributed by atoms with Crippen molar-refractivity contribution in [3.63, 3.8) is 0 Å². The second kappa shape index (κ2) is 8.31. The normalized spacial score (nSPS) is 10.9. The van der Waals surface area contributed by atoms with Gasteiger partial charge >= 0.3 is 5.97 Å². The zero-order valence-corrected chi connectivity index (χ0v) is 17.0. The average Bonchev–Trinajstić information content (AvgIpc) is 3.50. The minimum absolute atomic E-state index is 0.161. The van der Waals surface area contributed by atoms with E-state index < -0.39 is 5.97 Å². The quantitative estimate of drug-likeness (QED) is 0.377. The van der Waals surface area contributed by atoms with Crippen LogP contribution in [0.3, 0.4) is 0 Å². The Morgan fingerprint density at radius 2 is 1.88 bits per heavy atom. The van der Waals surface area contributed by atoms with E-state index in [0.29, 0.717) is 22.8 Å². The Labute approximate surface area is 182 Å². The summed E-state index contributed by atoms with van der Waals surface area (Å²) in [7, 11) is 1.56. The maximum atomic E-state index is 12.7. The van der Waals surface area contributed by atoms with Gasteiger partial charge in [-0.2, -0.15) is 10.1 Å². The Balaban J connectivity index is 1.35. The third-order valence-electron chi connectivity index (χ3n) is 4.83. The highest BCUT2D eigenvalue weighted by Crippen LogP contribution is 2.27. The number of carbonyl (C=O) groups excluding carboxylic acids is 1. The fourth-order valence-electron chi connectivity index (χ4n) is 3.32. The summed E-state index contributed by atoms with van der Waals surface area (Å²) in [6.45, 7) is -0.184. The van der Waals surface area contributed by atoms with E-state index >= 15 is 0 Å². The van der Waals surface area contributed by atoms with E-state index in [4.69, 9.17) is 14.0 Å². The number of esters is 1. The zero-order chi connectivity index (χ0) is 21.9. The highest BCUT2D eigenvalue weighted by atomic mass is 16.6. The Bertz CT molecular complexity index is 1390. The van der Waals surface area contributed by atoms with Crippen LogP contribution in [0.15, 0.2) is 77.6 Å². The van der Waals surface area contributed by atoms with E-state index in [0.717, 1.165) is 11.3 Å². The SMILES string of the molecule is COc1ccccc1-c1noc(COC(=O)c2cnn3c(-c4ccccc4)ccnc23)n1. The lowest BCUT2D eigenvalue weighted by Gasteiger charge is -2.05. The predicted molar refractivity (Wildman–Crippen MR) is 114 cm³/mol. The van der Waals surface area contributed by atoms with Crippen LogP contribution in [0.1, 0.15) is 16.2 Å². The van der Waals surface area contributed by atoms with Crippen molar-refractivity contribution in [2.24, 2.45) is 0 Å². The fraction of sp³-hybridized carbons (Fsp3) is 0.0870. The first-order chi connectivity index (χ1) is 15.7. The van der Waals surface area contributed by atoms with Crippen molar-refractivity contribution < 1.29 is 18.8 Å². The molecule has 0 saturated heterocycles. The van der Waals surface area contributed by atoms with Crippen molar-refractivity contribution >= 4 is 11.6 Å². The molecule has 0 saturated carbocycles. The standard InChI is InChI=1S/C23H17N5O4/c1-30-19-10-6-5-9-16(19)21-26-20(32-27-21)14-31-23(29)17-13-25-28-18(11-12-24-22(17)28)15-7-3-2-4-8-15/h2-13H,14H2,1H3. The van der Waals surface area contributed by atoms with Gasteiger partial charge < -0.3 is 14.0 Å². The van der Waals surface area contributed by atoms with Gasteiger partial charge in [-0.1, -0.05) is 47.6 Å². The molecule has 0 atom stereocenters. The number of nitrogens with zero attached hydrogens (tertiary/aromatic N) is 5. The van der Waals surface area contributed by atoms with Gasteiger partial charge in [0.05, 0.1) is 24.6 Å². The summed E-state index contributed by atoms with van der Waals surface area (Å²) >= 11 is 0. The van der Waals surface area contributed by atoms with E-state index in [1.807, 2.05) is 54.6 Å². The smallest absolute Gasteiger partial charge is 0.344 e. The fourth-order valence-corrected chi connectivity index (χ4v) is 3.32. The third-order valence-corrected chi connectivity index (χ3v) is 4.83. The molecule has 0 N–H and O–H groups in total. The molecule has 0 aliphatic heterocycles. The van der Waals surface area contributed by atoms with Crippen molar-refractivity contribution in [3.05, 3.63) is 84.5 Å². The van der Waals surface area contributed by atoms with Crippen LogP contribution in [0.25, 0.3) is 28.3 Å². The van der Waals surface area contributed by atoms with E-state index in [9.17, 15) is 4.79 Å². The van der Waals surface area contributed by atoms with Crippen LogP contribution < -0.4 is 4.74 Å². The number of aromatic nitrogens is 5. The van der Waals surface area contributed by atoms with Gasteiger partial charge in [0.25, 0.3) is 5.89 Å². The maximum absolute atomic E-state index is 12.7. The summed E-state index contributed by atoms with van der Waals surface area (Å²) in [5.74, 6) is 0.533.